The van der Waals surface area contributed by atoms with Gasteiger partial charge in [-0.15, -0.1) is 0 Å². The van der Waals surface area contributed by atoms with Gasteiger partial charge >= 0.3 is 0 Å². The zero-order valence-electron chi connectivity index (χ0n) is 17.8. The van der Waals surface area contributed by atoms with Crippen LogP contribution < -0.4 is 10.6 Å². The Bertz CT molecular complexity index is 633. The number of hydrogen-bond donors (Lipinski definition) is 1. The van der Waals surface area contributed by atoms with E-state index in [9.17, 15) is 0 Å². The van der Waals surface area contributed by atoms with Crippen molar-refractivity contribution in [2.75, 3.05) is 17.7 Å². The average molecular weight is 370 g/mol. The molecule has 1 aliphatic carbocycles. The Balaban J connectivity index is 1.46. The lowest BCUT2D eigenvalue weighted by Gasteiger charge is -2.53. The fraction of sp³-hybridized carbons (Fsp3) is 0.750. The third-order valence-electron chi connectivity index (χ3n) is 8.24. The van der Waals surface area contributed by atoms with E-state index in [1.54, 1.807) is 0 Å². The molecular weight excluding hydrogens is 330 g/mol. The molecule has 0 amide bonds. The van der Waals surface area contributed by atoms with E-state index >= 15 is 0 Å². The van der Waals surface area contributed by atoms with Crippen LogP contribution in [0.2, 0.25) is 0 Å². The van der Waals surface area contributed by atoms with Crippen LogP contribution in [0.4, 0.5) is 11.4 Å². The van der Waals surface area contributed by atoms with Crippen LogP contribution in [0.1, 0.15) is 72.1 Å². The van der Waals surface area contributed by atoms with E-state index in [4.69, 9.17) is 5.73 Å². The van der Waals surface area contributed by atoms with Crippen LogP contribution in [0.15, 0.2) is 24.3 Å². The molecule has 0 aromatic heterocycles. The Kier molecular flexibility index (Phi) is 5.18. The highest BCUT2D eigenvalue weighted by Crippen LogP contribution is 2.48. The number of piperidine rings is 1. The number of hydrogen-bond acceptors (Lipinski definition) is 3. The van der Waals surface area contributed by atoms with Gasteiger partial charge in [-0.25, -0.2) is 0 Å². The molecule has 2 saturated heterocycles. The minimum atomic E-state index is 0.215. The van der Waals surface area contributed by atoms with E-state index in [0.29, 0.717) is 0 Å². The van der Waals surface area contributed by atoms with E-state index in [2.05, 4.69) is 49.8 Å². The molecule has 0 radical (unpaired) electrons. The summed E-state index contributed by atoms with van der Waals surface area (Å²) in [6.45, 7) is 7.29. The summed E-state index contributed by atoms with van der Waals surface area (Å²) >= 11 is 0. The van der Waals surface area contributed by atoms with Crippen LogP contribution in [0.25, 0.3) is 0 Å². The summed E-state index contributed by atoms with van der Waals surface area (Å²) in [5, 5.41) is 0. The Hall–Kier alpha value is -1.22. The van der Waals surface area contributed by atoms with Gasteiger partial charge in [-0.05, 0) is 82.3 Å². The first-order valence-electron chi connectivity index (χ1n) is 11.2. The third kappa shape index (κ3) is 3.48. The quantitative estimate of drug-likeness (QED) is 0.731. The van der Waals surface area contributed by atoms with Gasteiger partial charge in [-0.3, -0.25) is 4.90 Å². The molecule has 3 atom stereocenters. The van der Waals surface area contributed by atoms with Crippen LogP contribution in [-0.2, 0) is 0 Å². The number of nitrogens with zero attached hydrogens (tertiary/aromatic N) is 2. The van der Waals surface area contributed by atoms with Crippen molar-refractivity contribution in [1.82, 2.24) is 4.90 Å². The molecule has 1 aromatic carbocycles. The Morgan fingerprint density at radius 1 is 0.963 bits per heavy atom. The van der Waals surface area contributed by atoms with Gasteiger partial charge < -0.3 is 10.6 Å². The molecule has 3 heteroatoms. The van der Waals surface area contributed by atoms with Crippen LogP contribution in [0.5, 0.6) is 0 Å². The second-order valence-corrected chi connectivity index (χ2v) is 10.2. The van der Waals surface area contributed by atoms with Crippen LogP contribution >= 0.6 is 0 Å². The van der Waals surface area contributed by atoms with Crippen molar-refractivity contribution in [3.05, 3.63) is 24.3 Å². The van der Waals surface area contributed by atoms with E-state index < -0.39 is 0 Å². The van der Waals surface area contributed by atoms with Gasteiger partial charge in [-0.2, -0.15) is 0 Å². The van der Waals surface area contributed by atoms with Crippen LogP contribution in [0, 0.1) is 11.8 Å². The van der Waals surface area contributed by atoms with Gasteiger partial charge in [0.2, 0.25) is 0 Å². The minimum Gasteiger partial charge on any atom is -0.397 e. The lowest BCUT2D eigenvalue weighted by Crippen LogP contribution is -2.59. The van der Waals surface area contributed by atoms with E-state index in [1.165, 1.54) is 57.1 Å². The van der Waals surface area contributed by atoms with Crippen molar-refractivity contribution in [2.45, 2.75) is 95.8 Å². The molecule has 4 rings (SSSR count). The van der Waals surface area contributed by atoms with Gasteiger partial charge in [0, 0.05) is 30.7 Å². The van der Waals surface area contributed by atoms with E-state index in [1.807, 2.05) is 12.1 Å². The maximum Gasteiger partial charge on any atom is 0.0601 e. The molecule has 2 aliphatic heterocycles. The summed E-state index contributed by atoms with van der Waals surface area (Å²) in [4.78, 5) is 5.46. The number of rotatable bonds is 4. The summed E-state index contributed by atoms with van der Waals surface area (Å²) in [5.74, 6) is 1.82. The van der Waals surface area contributed by atoms with Crippen LogP contribution in [-0.4, -0.2) is 35.6 Å². The van der Waals surface area contributed by atoms with Crippen molar-refractivity contribution >= 4 is 11.4 Å². The smallest absolute Gasteiger partial charge is 0.0601 e. The fourth-order valence-electron chi connectivity index (χ4n) is 6.51. The largest absolute Gasteiger partial charge is 0.397 e. The standard InChI is InChI=1S/C24H39N3/c1-17(2)18-9-11-19(12-10-18)27-20-13-14-21(27)16-24(3,15-20)26(4)23-8-6-5-7-22(23)25/h5-8,17-21H,9-16,25H2,1-4H3/t18?,19?,20-,21+,24?. The first kappa shape index (κ1) is 19.1. The molecule has 3 aliphatic rings. The molecule has 3 nitrogen and oxygen atoms in total. The van der Waals surface area contributed by atoms with Crippen molar-refractivity contribution in [3.63, 3.8) is 0 Å². The third-order valence-corrected chi connectivity index (χ3v) is 8.24. The maximum absolute atomic E-state index is 6.30. The van der Waals surface area contributed by atoms with Gasteiger partial charge in [-0.1, -0.05) is 26.0 Å². The first-order valence-corrected chi connectivity index (χ1v) is 11.2. The predicted molar refractivity (Wildman–Crippen MR) is 116 cm³/mol. The van der Waals surface area contributed by atoms with Crippen molar-refractivity contribution in [2.24, 2.45) is 11.8 Å². The lowest BCUT2D eigenvalue weighted by atomic mass is 9.76. The molecule has 27 heavy (non-hydrogen) atoms. The van der Waals surface area contributed by atoms with Gasteiger partial charge in [0.25, 0.3) is 0 Å². The monoisotopic (exact) mass is 369 g/mol. The first-order chi connectivity index (χ1) is 12.9. The molecule has 1 saturated carbocycles. The highest BCUT2D eigenvalue weighted by molar-refractivity contribution is 5.68. The predicted octanol–water partition coefficient (Wildman–Crippen LogP) is 5.31. The van der Waals surface area contributed by atoms with Crippen LogP contribution in [0.3, 0.4) is 0 Å². The Morgan fingerprint density at radius 3 is 2.07 bits per heavy atom. The SMILES string of the molecule is CC(C)C1CCC(N2[C@@H]3CC[C@H]2CC(C)(N(C)c2ccccc2N)C3)CC1. The molecule has 2 heterocycles. The normalized spacial score (nSPS) is 36.9. The average Bonchev–Trinajstić information content (AvgIpc) is 2.93. The molecule has 2 N–H and O–H groups in total. The molecular formula is C24H39N3. The highest BCUT2D eigenvalue weighted by Gasteiger charge is 2.50. The van der Waals surface area contributed by atoms with E-state index in [-0.39, 0.29) is 5.54 Å². The molecule has 1 unspecified atom stereocenters. The van der Waals surface area contributed by atoms with E-state index in [0.717, 1.165) is 35.6 Å². The van der Waals surface area contributed by atoms with Gasteiger partial charge in [0.1, 0.15) is 0 Å². The number of nitrogens with two attached hydrogens (primary N) is 1. The van der Waals surface area contributed by atoms with Crippen molar-refractivity contribution in [3.8, 4) is 0 Å². The number of anilines is 2. The second kappa shape index (κ2) is 7.31. The summed E-state index contributed by atoms with van der Waals surface area (Å²) in [5.41, 5.74) is 8.62. The fourth-order valence-corrected chi connectivity index (χ4v) is 6.51. The summed E-state index contributed by atoms with van der Waals surface area (Å²) in [6, 6.07) is 10.7. The molecule has 3 fully saturated rings. The zero-order valence-corrected chi connectivity index (χ0v) is 17.8. The van der Waals surface area contributed by atoms with Gasteiger partial charge in [0.05, 0.1) is 11.4 Å². The highest BCUT2D eigenvalue weighted by atomic mass is 15.3. The molecule has 150 valence electrons. The summed E-state index contributed by atoms with van der Waals surface area (Å²) in [6.07, 6.45) is 11.1. The molecule has 0 spiro atoms. The topological polar surface area (TPSA) is 32.5 Å². The number of para-hydroxylation sites is 2. The number of nitrogen functional groups attached to an aromatic ring is 1. The van der Waals surface area contributed by atoms with Crippen molar-refractivity contribution in [1.29, 1.82) is 0 Å². The summed E-state index contributed by atoms with van der Waals surface area (Å²) < 4.78 is 0. The lowest BCUT2D eigenvalue weighted by molar-refractivity contribution is 0.0249. The minimum absolute atomic E-state index is 0.215. The number of fused-ring (bicyclic) bond motifs is 2. The second-order valence-electron chi connectivity index (χ2n) is 10.2. The molecule has 1 aromatic rings. The zero-order chi connectivity index (χ0) is 19.2. The number of benzene rings is 1. The van der Waals surface area contributed by atoms with Crippen molar-refractivity contribution < 1.29 is 0 Å². The Morgan fingerprint density at radius 2 is 1.52 bits per heavy atom. The molecule has 2 bridgehead atoms. The van der Waals surface area contributed by atoms with Gasteiger partial charge in [0.15, 0.2) is 0 Å². The maximum atomic E-state index is 6.30. The summed E-state index contributed by atoms with van der Waals surface area (Å²) in [7, 11) is 2.26. The Labute approximate surface area is 166 Å².